The Hall–Kier alpha value is -2.61. The van der Waals surface area contributed by atoms with Crippen molar-refractivity contribution in [1.82, 2.24) is 4.57 Å². The summed E-state index contributed by atoms with van der Waals surface area (Å²) in [6, 6.07) is 15.3. The van der Waals surface area contributed by atoms with Crippen LogP contribution in [0, 0.1) is 27.7 Å². The zero-order chi connectivity index (χ0) is 18.6. The van der Waals surface area contributed by atoms with E-state index in [1.54, 1.807) is 0 Å². The number of aryl methyl sites for hydroxylation is 3. The van der Waals surface area contributed by atoms with E-state index in [0.717, 1.165) is 0 Å². The van der Waals surface area contributed by atoms with Crippen molar-refractivity contribution >= 4 is 6.08 Å². The molecule has 0 bridgehead atoms. The molecule has 1 aliphatic rings. The zero-order valence-electron chi connectivity index (χ0n) is 16.6. The van der Waals surface area contributed by atoms with E-state index in [4.69, 9.17) is 0 Å². The molecule has 0 fully saturated rings. The number of benzene rings is 2. The van der Waals surface area contributed by atoms with Crippen molar-refractivity contribution in [2.24, 2.45) is 0 Å². The molecule has 0 amide bonds. The Labute approximate surface area is 156 Å². The van der Waals surface area contributed by atoms with E-state index < -0.39 is 0 Å². The van der Waals surface area contributed by atoms with Crippen LogP contribution in [-0.4, -0.2) is 4.57 Å². The molecule has 26 heavy (non-hydrogen) atoms. The number of para-hydroxylation sites is 1. The number of nitrogens with zero attached hydrogens (tertiary/aromatic N) is 2. The van der Waals surface area contributed by atoms with Crippen LogP contribution in [0.15, 0.2) is 48.5 Å². The summed E-state index contributed by atoms with van der Waals surface area (Å²) in [5.41, 5.74) is 9.06. The fraction of sp³-hybridized carbons (Fsp3) is 0.292. The summed E-state index contributed by atoms with van der Waals surface area (Å²) in [5.74, 6) is 1.28. The van der Waals surface area contributed by atoms with Gasteiger partial charge in [-0.1, -0.05) is 36.4 Å². The Morgan fingerprint density at radius 1 is 0.808 bits per heavy atom. The lowest BCUT2D eigenvalue weighted by Gasteiger charge is -2.18. The molecule has 2 heterocycles. The summed E-state index contributed by atoms with van der Waals surface area (Å²) in [4.78, 5) is 0. The maximum Gasteiger partial charge on any atom is 0.296 e. The molecule has 0 atom stereocenters. The molecule has 0 aliphatic carbocycles. The van der Waals surface area contributed by atoms with Crippen molar-refractivity contribution in [3.8, 4) is 17.1 Å². The topological polar surface area (TPSA) is 8.81 Å². The summed E-state index contributed by atoms with van der Waals surface area (Å²) in [7, 11) is 0. The number of allylic oxidation sites excluding steroid dienone is 1. The van der Waals surface area contributed by atoms with Gasteiger partial charge in [-0.25, -0.2) is 4.57 Å². The molecule has 1 aliphatic heterocycles. The van der Waals surface area contributed by atoms with Crippen LogP contribution in [0.2, 0.25) is 0 Å². The van der Waals surface area contributed by atoms with E-state index in [2.05, 4.69) is 105 Å². The van der Waals surface area contributed by atoms with Crippen molar-refractivity contribution in [3.63, 3.8) is 0 Å². The quantitative estimate of drug-likeness (QED) is 0.549. The van der Waals surface area contributed by atoms with Crippen molar-refractivity contribution in [2.45, 2.75) is 47.1 Å². The molecule has 0 saturated heterocycles. The molecule has 2 aromatic carbocycles. The highest BCUT2D eigenvalue weighted by Gasteiger charge is 2.41. The second-order valence-corrected chi connectivity index (χ2v) is 8.01. The highest BCUT2D eigenvalue weighted by atomic mass is 15.2. The van der Waals surface area contributed by atoms with Gasteiger partial charge in [-0.2, -0.15) is 4.57 Å². The summed E-state index contributed by atoms with van der Waals surface area (Å²) in [6.07, 6.45) is 4.59. The molecule has 2 nitrogen and oxygen atoms in total. The van der Waals surface area contributed by atoms with Gasteiger partial charge in [0.25, 0.3) is 5.82 Å². The molecule has 2 heteroatoms. The summed E-state index contributed by atoms with van der Waals surface area (Å²) >= 11 is 0. The average molecular weight is 343 g/mol. The van der Waals surface area contributed by atoms with Crippen LogP contribution >= 0.6 is 0 Å². The van der Waals surface area contributed by atoms with E-state index in [1.807, 2.05) is 0 Å². The fourth-order valence-corrected chi connectivity index (χ4v) is 4.29. The highest BCUT2D eigenvalue weighted by Crippen LogP contribution is 2.35. The highest BCUT2D eigenvalue weighted by molar-refractivity contribution is 5.68. The molecular weight excluding hydrogens is 316 g/mol. The number of imidazole rings is 1. The standard InChI is InChI=1S/C24H27N2/c1-16-10-7-8-13-20(16)25-19(4)21-14-15-24(5,6)26(21)23(25)22-17(2)11-9-12-18(22)3/h7-15H,1-6H3/q+1. The van der Waals surface area contributed by atoms with Crippen LogP contribution < -0.4 is 4.57 Å². The van der Waals surface area contributed by atoms with Crippen LogP contribution in [0.3, 0.4) is 0 Å². The lowest BCUT2D eigenvalue weighted by Crippen LogP contribution is -2.51. The van der Waals surface area contributed by atoms with Crippen LogP contribution in [-0.2, 0) is 5.54 Å². The Morgan fingerprint density at radius 2 is 1.42 bits per heavy atom. The first kappa shape index (κ1) is 16.8. The van der Waals surface area contributed by atoms with Crippen LogP contribution in [0.25, 0.3) is 23.2 Å². The van der Waals surface area contributed by atoms with Crippen molar-refractivity contribution in [3.05, 3.63) is 76.6 Å². The maximum atomic E-state index is 2.50. The smallest absolute Gasteiger partial charge is 0.214 e. The van der Waals surface area contributed by atoms with Gasteiger partial charge in [-0.3, -0.25) is 0 Å². The molecule has 0 N–H and O–H groups in total. The third kappa shape index (κ3) is 2.28. The first-order chi connectivity index (χ1) is 12.3. The molecule has 132 valence electrons. The number of hydrogen-bond donors (Lipinski definition) is 0. The number of fused-ring (bicyclic) bond motifs is 1. The van der Waals surface area contributed by atoms with E-state index in [9.17, 15) is 0 Å². The average Bonchev–Trinajstić information content (AvgIpc) is 3.04. The Morgan fingerprint density at radius 3 is 2.08 bits per heavy atom. The maximum absolute atomic E-state index is 2.50. The third-order valence-corrected chi connectivity index (χ3v) is 5.66. The predicted molar refractivity (Wildman–Crippen MR) is 109 cm³/mol. The van der Waals surface area contributed by atoms with E-state index in [1.165, 1.54) is 45.2 Å². The molecule has 1 aromatic heterocycles. The monoisotopic (exact) mass is 343 g/mol. The first-order valence-corrected chi connectivity index (χ1v) is 9.32. The van der Waals surface area contributed by atoms with E-state index in [-0.39, 0.29) is 5.54 Å². The second kappa shape index (κ2) is 5.70. The normalized spacial score (nSPS) is 14.7. The van der Waals surface area contributed by atoms with Gasteiger partial charge in [-0.15, -0.1) is 0 Å². The molecule has 3 aromatic rings. The van der Waals surface area contributed by atoms with Gasteiger partial charge >= 0.3 is 0 Å². The van der Waals surface area contributed by atoms with Crippen molar-refractivity contribution < 1.29 is 4.57 Å². The molecular formula is C24H27N2+. The largest absolute Gasteiger partial charge is 0.296 e. The SMILES string of the molecule is Cc1ccccc1-n1c(C)c2[n+](c1-c1c(C)cccc1C)C(C)(C)C=C2. The van der Waals surface area contributed by atoms with Crippen LogP contribution in [0.5, 0.6) is 0 Å². The summed E-state index contributed by atoms with van der Waals surface area (Å²) < 4.78 is 4.95. The molecule has 0 radical (unpaired) electrons. The van der Waals surface area contributed by atoms with Gasteiger partial charge in [0, 0.05) is 6.92 Å². The van der Waals surface area contributed by atoms with Gasteiger partial charge in [-0.05, 0) is 69.5 Å². The van der Waals surface area contributed by atoms with Gasteiger partial charge in [0.2, 0.25) is 0 Å². The minimum absolute atomic E-state index is 0.0436. The number of aromatic nitrogens is 2. The minimum Gasteiger partial charge on any atom is -0.214 e. The Balaban J connectivity index is 2.18. The van der Waals surface area contributed by atoms with Crippen molar-refractivity contribution in [1.29, 1.82) is 0 Å². The Bertz CT molecular complexity index is 1030. The lowest BCUT2D eigenvalue weighted by atomic mass is 10.00. The minimum atomic E-state index is -0.0436. The van der Waals surface area contributed by atoms with Gasteiger partial charge in [0.1, 0.15) is 11.2 Å². The van der Waals surface area contributed by atoms with Gasteiger partial charge < -0.3 is 0 Å². The van der Waals surface area contributed by atoms with Crippen LogP contribution in [0.1, 0.15) is 41.9 Å². The van der Waals surface area contributed by atoms with Gasteiger partial charge in [0.15, 0.2) is 11.4 Å². The molecule has 0 unspecified atom stereocenters. The van der Waals surface area contributed by atoms with Gasteiger partial charge in [0.05, 0.1) is 5.56 Å². The van der Waals surface area contributed by atoms with E-state index >= 15 is 0 Å². The zero-order valence-corrected chi connectivity index (χ0v) is 16.6. The predicted octanol–water partition coefficient (Wildman–Crippen LogP) is 5.43. The molecule has 0 saturated carbocycles. The number of hydrogen-bond acceptors (Lipinski definition) is 0. The Kier molecular flexibility index (Phi) is 3.69. The van der Waals surface area contributed by atoms with E-state index in [0.29, 0.717) is 0 Å². The summed E-state index contributed by atoms with van der Waals surface area (Å²) in [5, 5.41) is 0. The lowest BCUT2D eigenvalue weighted by molar-refractivity contribution is -0.731. The van der Waals surface area contributed by atoms with Crippen molar-refractivity contribution in [2.75, 3.05) is 0 Å². The first-order valence-electron chi connectivity index (χ1n) is 9.32. The third-order valence-electron chi connectivity index (χ3n) is 5.66. The second-order valence-electron chi connectivity index (χ2n) is 8.01. The summed E-state index contributed by atoms with van der Waals surface area (Å²) in [6.45, 7) is 13.4. The fourth-order valence-electron chi connectivity index (χ4n) is 4.29. The molecule has 0 spiro atoms. The molecule has 4 rings (SSSR count). The number of rotatable bonds is 2. The van der Waals surface area contributed by atoms with Crippen LogP contribution in [0.4, 0.5) is 0 Å².